The van der Waals surface area contributed by atoms with E-state index in [9.17, 15) is 0 Å². The van der Waals surface area contributed by atoms with E-state index in [0.717, 1.165) is 5.41 Å². The molecule has 2 aliphatic carbocycles. The summed E-state index contributed by atoms with van der Waals surface area (Å²) in [6.07, 6.45) is 9.91. The van der Waals surface area contributed by atoms with Gasteiger partial charge in [0.15, 0.2) is 0 Å². The van der Waals surface area contributed by atoms with Crippen LogP contribution < -0.4 is 5.73 Å². The summed E-state index contributed by atoms with van der Waals surface area (Å²) >= 11 is 0. The molecule has 0 aliphatic heterocycles. The first-order valence-corrected chi connectivity index (χ1v) is 5.56. The van der Waals surface area contributed by atoms with Crippen LogP contribution in [0.25, 0.3) is 0 Å². The van der Waals surface area contributed by atoms with Crippen LogP contribution in [0.5, 0.6) is 0 Å². The molecule has 0 aromatic carbocycles. The van der Waals surface area contributed by atoms with Crippen LogP contribution in [0.15, 0.2) is 0 Å². The fourth-order valence-electron chi connectivity index (χ4n) is 2.43. The molecule has 2 rings (SSSR count). The van der Waals surface area contributed by atoms with E-state index in [1.807, 2.05) is 13.8 Å². The highest BCUT2D eigenvalue weighted by molar-refractivity contribution is 4.92. The molecule has 0 unspecified atom stereocenters. The minimum Gasteiger partial charge on any atom is -0.328 e. The van der Waals surface area contributed by atoms with E-state index in [2.05, 4.69) is 0 Å². The van der Waals surface area contributed by atoms with Gasteiger partial charge in [0.1, 0.15) is 0 Å². The molecule has 0 saturated heterocycles. The first kappa shape index (κ1) is 10.0. The maximum Gasteiger partial charge on any atom is 0.00392 e. The number of rotatable bonds is 0. The smallest absolute Gasteiger partial charge is 0.00392 e. The molecule has 0 bridgehead atoms. The van der Waals surface area contributed by atoms with Gasteiger partial charge in [-0.2, -0.15) is 0 Å². The minimum atomic E-state index is 0.534. The molecule has 2 N–H and O–H groups in total. The summed E-state index contributed by atoms with van der Waals surface area (Å²) in [5.74, 6) is 0. The normalized spacial score (nSPS) is 27.2. The average molecular weight is 169 g/mol. The maximum atomic E-state index is 5.83. The summed E-state index contributed by atoms with van der Waals surface area (Å²) < 4.78 is 0. The molecule has 0 aromatic heterocycles. The van der Waals surface area contributed by atoms with E-state index in [0.29, 0.717) is 6.04 Å². The molecule has 1 nitrogen and oxygen atoms in total. The van der Waals surface area contributed by atoms with Crippen molar-refractivity contribution >= 4 is 0 Å². The van der Waals surface area contributed by atoms with Gasteiger partial charge in [0.2, 0.25) is 0 Å². The second-order valence-corrected chi connectivity index (χ2v) is 4.19. The Morgan fingerprint density at radius 1 is 1.00 bits per heavy atom. The van der Waals surface area contributed by atoms with Gasteiger partial charge in [-0.25, -0.2) is 0 Å². The summed E-state index contributed by atoms with van der Waals surface area (Å²) in [7, 11) is 0. The zero-order valence-electron chi connectivity index (χ0n) is 8.60. The lowest BCUT2D eigenvalue weighted by molar-refractivity contribution is 0.0703. The SMILES string of the molecule is CC.NC1CCC2(CCC2)CC1. The van der Waals surface area contributed by atoms with E-state index in [-0.39, 0.29) is 0 Å². The van der Waals surface area contributed by atoms with E-state index < -0.39 is 0 Å². The molecule has 0 atom stereocenters. The molecule has 0 heterocycles. The van der Waals surface area contributed by atoms with Gasteiger partial charge in [-0.15, -0.1) is 0 Å². The zero-order valence-corrected chi connectivity index (χ0v) is 8.60. The highest BCUT2D eigenvalue weighted by Gasteiger charge is 2.38. The lowest BCUT2D eigenvalue weighted by Crippen LogP contribution is -2.38. The van der Waals surface area contributed by atoms with Gasteiger partial charge in [0.05, 0.1) is 0 Å². The highest BCUT2D eigenvalue weighted by atomic mass is 14.6. The Hall–Kier alpha value is -0.0400. The quantitative estimate of drug-likeness (QED) is 0.592. The third-order valence-corrected chi connectivity index (χ3v) is 3.51. The van der Waals surface area contributed by atoms with Gasteiger partial charge in [-0.3, -0.25) is 0 Å². The summed E-state index contributed by atoms with van der Waals surface area (Å²) in [4.78, 5) is 0. The van der Waals surface area contributed by atoms with Crippen LogP contribution in [0.3, 0.4) is 0 Å². The van der Waals surface area contributed by atoms with Crippen molar-refractivity contribution in [3.63, 3.8) is 0 Å². The van der Waals surface area contributed by atoms with Crippen molar-refractivity contribution in [2.45, 2.75) is 64.8 Å². The largest absolute Gasteiger partial charge is 0.328 e. The van der Waals surface area contributed by atoms with Crippen LogP contribution in [-0.2, 0) is 0 Å². The molecule has 2 aliphatic rings. The molecule has 12 heavy (non-hydrogen) atoms. The summed E-state index contributed by atoms with van der Waals surface area (Å²) in [6.45, 7) is 4.00. The first-order chi connectivity index (χ1) is 5.81. The van der Waals surface area contributed by atoms with Crippen molar-refractivity contribution in [2.24, 2.45) is 11.1 Å². The van der Waals surface area contributed by atoms with Crippen LogP contribution >= 0.6 is 0 Å². The van der Waals surface area contributed by atoms with Crippen molar-refractivity contribution in [1.82, 2.24) is 0 Å². The van der Waals surface area contributed by atoms with Crippen LogP contribution in [0.4, 0.5) is 0 Å². The minimum absolute atomic E-state index is 0.534. The van der Waals surface area contributed by atoms with Gasteiger partial charge in [0, 0.05) is 6.04 Å². The van der Waals surface area contributed by atoms with Gasteiger partial charge in [-0.1, -0.05) is 20.3 Å². The van der Waals surface area contributed by atoms with Crippen molar-refractivity contribution < 1.29 is 0 Å². The van der Waals surface area contributed by atoms with Crippen LogP contribution in [-0.4, -0.2) is 6.04 Å². The molecule has 0 radical (unpaired) electrons. The lowest BCUT2D eigenvalue weighted by Gasteiger charge is -2.46. The zero-order chi connectivity index (χ0) is 9.03. The van der Waals surface area contributed by atoms with Crippen LogP contribution in [0, 0.1) is 5.41 Å². The van der Waals surface area contributed by atoms with Gasteiger partial charge in [0.25, 0.3) is 0 Å². The Labute approximate surface area is 76.7 Å². The van der Waals surface area contributed by atoms with Gasteiger partial charge >= 0.3 is 0 Å². The first-order valence-electron chi connectivity index (χ1n) is 5.56. The molecule has 0 aromatic rings. The second-order valence-electron chi connectivity index (χ2n) is 4.19. The summed E-state index contributed by atoms with van der Waals surface area (Å²) in [5.41, 5.74) is 6.64. The molecule has 2 fully saturated rings. The monoisotopic (exact) mass is 169 g/mol. The Morgan fingerprint density at radius 2 is 1.50 bits per heavy atom. The van der Waals surface area contributed by atoms with Crippen molar-refractivity contribution in [1.29, 1.82) is 0 Å². The van der Waals surface area contributed by atoms with Crippen LogP contribution in [0.2, 0.25) is 0 Å². The molecule has 0 amide bonds. The number of nitrogens with two attached hydrogens (primary N) is 1. The molecule has 1 spiro atoms. The van der Waals surface area contributed by atoms with Crippen LogP contribution in [0.1, 0.15) is 58.8 Å². The maximum absolute atomic E-state index is 5.83. The second kappa shape index (κ2) is 4.27. The molecular formula is C11H23N. The third-order valence-electron chi connectivity index (χ3n) is 3.51. The topological polar surface area (TPSA) is 26.0 Å². The number of hydrogen-bond acceptors (Lipinski definition) is 1. The predicted octanol–water partition coefficient (Wildman–Crippen LogP) is 3.08. The summed E-state index contributed by atoms with van der Waals surface area (Å²) in [6, 6.07) is 0.534. The Balaban J connectivity index is 0.000000336. The third kappa shape index (κ3) is 2.01. The van der Waals surface area contributed by atoms with E-state index in [4.69, 9.17) is 5.73 Å². The molecule has 2 saturated carbocycles. The van der Waals surface area contributed by atoms with Crippen molar-refractivity contribution in [2.75, 3.05) is 0 Å². The summed E-state index contributed by atoms with van der Waals surface area (Å²) in [5, 5.41) is 0. The number of hydrogen-bond donors (Lipinski definition) is 1. The van der Waals surface area contributed by atoms with E-state index in [1.54, 1.807) is 0 Å². The van der Waals surface area contributed by atoms with Gasteiger partial charge in [-0.05, 0) is 43.9 Å². The molecule has 1 heteroatoms. The van der Waals surface area contributed by atoms with Crippen molar-refractivity contribution in [3.05, 3.63) is 0 Å². The lowest BCUT2D eigenvalue weighted by atomic mass is 9.60. The average Bonchev–Trinajstić information content (AvgIpc) is 2.07. The standard InChI is InChI=1S/C9H17N.C2H6/c10-8-2-6-9(7-3-8)4-1-5-9;1-2/h8H,1-7,10H2;1-2H3. The molecule has 72 valence electrons. The van der Waals surface area contributed by atoms with Crippen molar-refractivity contribution in [3.8, 4) is 0 Å². The molecular weight excluding hydrogens is 146 g/mol. The fourth-order valence-corrected chi connectivity index (χ4v) is 2.43. The van der Waals surface area contributed by atoms with Gasteiger partial charge < -0.3 is 5.73 Å². The van der Waals surface area contributed by atoms with E-state index >= 15 is 0 Å². The Bertz CT molecular complexity index is 117. The highest BCUT2D eigenvalue weighted by Crippen LogP contribution is 2.51. The van der Waals surface area contributed by atoms with E-state index in [1.165, 1.54) is 44.9 Å². The predicted molar refractivity (Wildman–Crippen MR) is 54.1 cm³/mol. The Kier molecular flexibility index (Phi) is 3.57. The fraction of sp³-hybridized carbons (Fsp3) is 1.00. The Morgan fingerprint density at radius 3 is 1.83 bits per heavy atom.